The topological polar surface area (TPSA) is 51.7 Å². The van der Waals surface area contributed by atoms with Gasteiger partial charge in [-0.15, -0.1) is 0 Å². The molecule has 1 amide bonds. The van der Waals surface area contributed by atoms with Gasteiger partial charge in [0.05, 0.1) is 32.4 Å². The van der Waals surface area contributed by atoms with Gasteiger partial charge in [0.1, 0.15) is 0 Å². The first-order chi connectivity index (χ1) is 12.2. The average molecular weight is 340 g/mol. The number of hydrogen-bond acceptors (Lipinski definition) is 4. The minimum atomic E-state index is 0.110. The van der Waals surface area contributed by atoms with E-state index in [9.17, 15) is 4.79 Å². The third-order valence-electron chi connectivity index (χ3n) is 4.26. The Balaban J connectivity index is 1.55. The highest BCUT2D eigenvalue weighted by Crippen LogP contribution is 2.30. The Labute approximate surface area is 148 Å². The Morgan fingerprint density at radius 3 is 2.76 bits per heavy atom. The van der Waals surface area contributed by atoms with Gasteiger partial charge in [0.2, 0.25) is 5.91 Å². The number of nitrogens with zero attached hydrogens (tertiary/aromatic N) is 2. The molecule has 0 bridgehead atoms. The molecule has 2 aromatic rings. The van der Waals surface area contributed by atoms with Crippen LogP contribution >= 0.6 is 0 Å². The Morgan fingerprint density at radius 2 is 2.08 bits per heavy atom. The van der Waals surface area contributed by atoms with E-state index in [1.165, 1.54) is 0 Å². The quantitative estimate of drug-likeness (QED) is 0.739. The highest BCUT2D eigenvalue weighted by Gasteiger charge is 2.32. The van der Waals surface area contributed by atoms with Crippen molar-refractivity contribution in [3.05, 3.63) is 53.9 Å². The number of benzene rings is 1. The number of aryl methyl sites for hydroxylation is 1. The van der Waals surface area contributed by atoms with E-state index in [-0.39, 0.29) is 5.91 Å². The summed E-state index contributed by atoms with van der Waals surface area (Å²) in [6.45, 7) is 2.91. The van der Waals surface area contributed by atoms with E-state index < -0.39 is 0 Å². The predicted molar refractivity (Wildman–Crippen MR) is 95.7 cm³/mol. The molecule has 0 N–H and O–H groups in total. The zero-order valence-corrected chi connectivity index (χ0v) is 14.8. The number of carbonyl (C=O) groups excluding carboxylic acids is 1. The van der Waals surface area contributed by atoms with Crippen molar-refractivity contribution >= 4 is 5.91 Å². The molecule has 25 heavy (non-hydrogen) atoms. The Bertz CT molecular complexity index is 714. The third kappa shape index (κ3) is 4.72. The zero-order chi connectivity index (χ0) is 17.6. The molecule has 0 atom stereocenters. The summed E-state index contributed by atoms with van der Waals surface area (Å²) in [5, 5.41) is 0. The second-order valence-corrected chi connectivity index (χ2v) is 6.33. The molecule has 5 nitrogen and oxygen atoms in total. The molecule has 1 aromatic carbocycles. The molecule has 132 valence electrons. The Morgan fingerprint density at radius 1 is 1.24 bits per heavy atom. The van der Waals surface area contributed by atoms with Crippen LogP contribution in [0.4, 0.5) is 0 Å². The van der Waals surface area contributed by atoms with Gasteiger partial charge in [-0.25, -0.2) is 0 Å². The lowest BCUT2D eigenvalue weighted by Gasteiger charge is -2.22. The van der Waals surface area contributed by atoms with E-state index in [0.29, 0.717) is 37.1 Å². The van der Waals surface area contributed by atoms with Gasteiger partial charge in [-0.1, -0.05) is 12.1 Å². The van der Waals surface area contributed by atoms with Crippen LogP contribution < -0.4 is 9.47 Å². The summed E-state index contributed by atoms with van der Waals surface area (Å²) in [7, 11) is 1.62. The minimum absolute atomic E-state index is 0.110. The molecule has 0 radical (unpaired) electrons. The monoisotopic (exact) mass is 340 g/mol. The number of rotatable bonds is 8. The molecule has 1 aliphatic rings. The van der Waals surface area contributed by atoms with Crippen LogP contribution in [0.25, 0.3) is 0 Å². The van der Waals surface area contributed by atoms with Crippen molar-refractivity contribution in [2.24, 2.45) is 0 Å². The molecular formula is C20H24N2O3. The molecule has 1 heterocycles. The van der Waals surface area contributed by atoms with Gasteiger partial charge in [-0.3, -0.25) is 9.78 Å². The van der Waals surface area contributed by atoms with Crippen molar-refractivity contribution < 1.29 is 14.3 Å². The second-order valence-electron chi connectivity index (χ2n) is 6.33. The van der Waals surface area contributed by atoms with Crippen molar-refractivity contribution in [3.8, 4) is 11.5 Å². The van der Waals surface area contributed by atoms with Crippen molar-refractivity contribution in [2.45, 2.75) is 38.8 Å². The van der Waals surface area contributed by atoms with E-state index in [1.54, 1.807) is 13.3 Å². The molecular weight excluding hydrogens is 316 g/mol. The highest BCUT2D eigenvalue weighted by atomic mass is 16.5. The number of pyridine rings is 1. The lowest BCUT2D eigenvalue weighted by atomic mass is 10.2. The van der Waals surface area contributed by atoms with Gasteiger partial charge in [0, 0.05) is 12.2 Å². The SMILES string of the molecule is COc1cc(C)ccc1OCCC(=O)N(Cc1ccccn1)C1CC1. The molecule has 1 aromatic heterocycles. The van der Waals surface area contributed by atoms with Crippen LogP contribution in [0, 0.1) is 6.92 Å². The van der Waals surface area contributed by atoms with E-state index in [1.807, 2.05) is 48.2 Å². The lowest BCUT2D eigenvalue weighted by molar-refractivity contribution is -0.133. The molecule has 3 rings (SSSR count). The maximum atomic E-state index is 12.6. The third-order valence-corrected chi connectivity index (χ3v) is 4.26. The highest BCUT2D eigenvalue weighted by molar-refractivity contribution is 5.77. The number of aromatic nitrogens is 1. The van der Waals surface area contributed by atoms with Crippen molar-refractivity contribution in [1.29, 1.82) is 0 Å². The van der Waals surface area contributed by atoms with Gasteiger partial charge < -0.3 is 14.4 Å². The normalized spacial score (nSPS) is 13.4. The predicted octanol–water partition coefficient (Wildman–Crippen LogP) is 3.36. The van der Waals surface area contributed by atoms with Crippen LogP contribution in [-0.2, 0) is 11.3 Å². The summed E-state index contributed by atoms with van der Waals surface area (Å²) in [6.07, 6.45) is 4.26. The number of hydrogen-bond donors (Lipinski definition) is 0. The fourth-order valence-corrected chi connectivity index (χ4v) is 2.76. The molecule has 0 saturated heterocycles. The van der Waals surface area contributed by atoms with Gasteiger partial charge in [-0.05, 0) is 49.6 Å². The van der Waals surface area contributed by atoms with Gasteiger partial charge >= 0.3 is 0 Å². The van der Waals surface area contributed by atoms with Crippen molar-refractivity contribution in [2.75, 3.05) is 13.7 Å². The van der Waals surface area contributed by atoms with Crippen LogP contribution in [0.5, 0.6) is 11.5 Å². The summed E-state index contributed by atoms with van der Waals surface area (Å²) in [5.74, 6) is 1.47. The fraction of sp³-hybridized carbons (Fsp3) is 0.400. The van der Waals surface area contributed by atoms with Crippen LogP contribution in [0.1, 0.15) is 30.5 Å². The average Bonchev–Trinajstić information content (AvgIpc) is 3.46. The van der Waals surface area contributed by atoms with Gasteiger partial charge in [0.25, 0.3) is 0 Å². The van der Waals surface area contributed by atoms with Gasteiger partial charge in [0.15, 0.2) is 11.5 Å². The summed E-state index contributed by atoms with van der Waals surface area (Å²) >= 11 is 0. The molecule has 1 aliphatic carbocycles. The van der Waals surface area contributed by atoms with Crippen molar-refractivity contribution in [1.82, 2.24) is 9.88 Å². The van der Waals surface area contributed by atoms with E-state index in [4.69, 9.17) is 9.47 Å². The molecule has 1 saturated carbocycles. The first-order valence-electron chi connectivity index (χ1n) is 8.64. The smallest absolute Gasteiger partial charge is 0.226 e. The first kappa shape index (κ1) is 17.3. The summed E-state index contributed by atoms with van der Waals surface area (Å²) in [6, 6.07) is 11.9. The van der Waals surface area contributed by atoms with Crippen LogP contribution in [0.15, 0.2) is 42.6 Å². The largest absolute Gasteiger partial charge is 0.493 e. The number of ether oxygens (including phenoxy) is 2. The number of methoxy groups -OCH3 is 1. The molecule has 0 aliphatic heterocycles. The van der Waals surface area contributed by atoms with Crippen LogP contribution in [-0.4, -0.2) is 35.5 Å². The van der Waals surface area contributed by atoms with E-state index in [0.717, 1.165) is 24.1 Å². The first-order valence-corrected chi connectivity index (χ1v) is 8.64. The molecule has 5 heteroatoms. The van der Waals surface area contributed by atoms with E-state index >= 15 is 0 Å². The maximum absolute atomic E-state index is 12.6. The van der Waals surface area contributed by atoms with Crippen molar-refractivity contribution in [3.63, 3.8) is 0 Å². The molecule has 0 spiro atoms. The van der Waals surface area contributed by atoms with Crippen LogP contribution in [0.2, 0.25) is 0 Å². The van der Waals surface area contributed by atoms with E-state index in [2.05, 4.69) is 4.98 Å². The molecule has 1 fully saturated rings. The Kier molecular flexibility index (Phi) is 5.53. The number of carbonyl (C=O) groups is 1. The second kappa shape index (κ2) is 8.01. The zero-order valence-electron chi connectivity index (χ0n) is 14.8. The minimum Gasteiger partial charge on any atom is -0.493 e. The summed E-state index contributed by atoms with van der Waals surface area (Å²) in [4.78, 5) is 18.9. The molecule has 0 unspecified atom stereocenters. The number of amides is 1. The lowest BCUT2D eigenvalue weighted by Crippen LogP contribution is -2.33. The van der Waals surface area contributed by atoms with Crippen LogP contribution in [0.3, 0.4) is 0 Å². The summed E-state index contributed by atoms with van der Waals surface area (Å²) < 4.78 is 11.1. The maximum Gasteiger partial charge on any atom is 0.226 e. The fourth-order valence-electron chi connectivity index (χ4n) is 2.76. The Hall–Kier alpha value is -2.56. The van der Waals surface area contributed by atoms with Gasteiger partial charge in [-0.2, -0.15) is 0 Å². The summed E-state index contributed by atoms with van der Waals surface area (Å²) in [5.41, 5.74) is 2.03. The standard InChI is InChI=1S/C20H24N2O3/c1-15-6-9-18(19(13-15)24-2)25-12-10-20(23)22(17-7-8-17)14-16-5-3-4-11-21-16/h3-6,9,11,13,17H,7-8,10,12,14H2,1-2H3.